The van der Waals surface area contributed by atoms with Gasteiger partial charge in [0, 0.05) is 18.3 Å². The van der Waals surface area contributed by atoms with Gasteiger partial charge in [-0.15, -0.1) is 0 Å². The molecule has 0 saturated carbocycles. The Kier molecular flexibility index (Phi) is 5.74. The van der Waals surface area contributed by atoms with Crippen molar-refractivity contribution in [2.75, 3.05) is 23.4 Å². The molecule has 1 aliphatic heterocycles. The van der Waals surface area contributed by atoms with Gasteiger partial charge < -0.3 is 10.2 Å². The Bertz CT molecular complexity index is 617. The Hall–Kier alpha value is -1.21. The Morgan fingerprint density at radius 3 is 2.64 bits per heavy atom. The quantitative estimate of drug-likeness (QED) is 0.833. The maximum absolute atomic E-state index is 12.9. The Labute approximate surface area is 136 Å². The first-order chi connectivity index (χ1) is 10.4. The van der Waals surface area contributed by atoms with Crippen LogP contribution in [0, 0.1) is 5.82 Å². The third-order valence-corrected chi connectivity index (χ3v) is 5.85. The van der Waals surface area contributed by atoms with E-state index in [-0.39, 0.29) is 23.4 Å². The summed E-state index contributed by atoms with van der Waals surface area (Å²) in [5.74, 6) is 0.0719. The van der Waals surface area contributed by atoms with Crippen molar-refractivity contribution in [1.29, 1.82) is 0 Å². The van der Waals surface area contributed by atoms with Crippen LogP contribution in [0.15, 0.2) is 24.3 Å². The van der Waals surface area contributed by atoms with Crippen molar-refractivity contribution in [3.8, 4) is 0 Å². The fourth-order valence-corrected chi connectivity index (χ4v) is 4.62. The van der Waals surface area contributed by atoms with Gasteiger partial charge in [0.1, 0.15) is 5.82 Å². The minimum atomic E-state index is -2.96. The molecule has 1 saturated heterocycles. The molecule has 7 heteroatoms. The minimum Gasteiger partial charge on any atom is -0.345 e. The lowest BCUT2D eigenvalue weighted by molar-refractivity contribution is 0.333. The van der Waals surface area contributed by atoms with E-state index >= 15 is 0 Å². The van der Waals surface area contributed by atoms with Crippen LogP contribution in [0.1, 0.15) is 26.2 Å². The molecule has 0 aromatic heterocycles. The van der Waals surface area contributed by atoms with Crippen LogP contribution in [0.25, 0.3) is 0 Å². The fraction of sp³-hybridized carbons (Fsp3) is 0.533. The highest BCUT2D eigenvalue weighted by atomic mass is 32.2. The van der Waals surface area contributed by atoms with Crippen molar-refractivity contribution in [3.05, 3.63) is 30.1 Å². The summed E-state index contributed by atoms with van der Waals surface area (Å²) in [7, 11) is -2.96. The molecule has 0 unspecified atom stereocenters. The van der Waals surface area contributed by atoms with E-state index in [4.69, 9.17) is 12.2 Å². The molecule has 4 nitrogen and oxygen atoms in total. The second-order valence-electron chi connectivity index (χ2n) is 5.54. The normalized spacial score (nSPS) is 19.8. The number of nitrogens with one attached hydrogen (secondary N) is 1. The van der Waals surface area contributed by atoms with Crippen LogP contribution in [0.2, 0.25) is 0 Å². The SMILES string of the molecule is CCCCN(C(=S)Nc1ccc(F)cc1)[C@@H]1CCS(=O)(=O)C1. The summed E-state index contributed by atoms with van der Waals surface area (Å²) in [6.07, 6.45) is 2.56. The number of thiocarbonyl (C=S) groups is 1. The average Bonchev–Trinajstić information content (AvgIpc) is 2.82. The highest BCUT2D eigenvalue weighted by Gasteiger charge is 2.33. The molecule has 0 bridgehead atoms. The van der Waals surface area contributed by atoms with Gasteiger partial charge in [-0.05, 0) is 49.3 Å². The monoisotopic (exact) mass is 344 g/mol. The van der Waals surface area contributed by atoms with Crippen molar-refractivity contribution in [1.82, 2.24) is 4.90 Å². The van der Waals surface area contributed by atoms with Crippen molar-refractivity contribution in [2.45, 2.75) is 32.2 Å². The van der Waals surface area contributed by atoms with Crippen molar-refractivity contribution >= 4 is 32.9 Å². The van der Waals surface area contributed by atoms with Gasteiger partial charge in [0.2, 0.25) is 0 Å². The van der Waals surface area contributed by atoms with E-state index in [0.29, 0.717) is 17.2 Å². The lowest BCUT2D eigenvalue weighted by Gasteiger charge is -2.31. The van der Waals surface area contributed by atoms with Gasteiger partial charge in [-0.3, -0.25) is 0 Å². The lowest BCUT2D eigenvalue weighted by atomic mass is 10.2. The largest absolute Gasteiger partial charge is 0.345 e. The summed E-state index contributed by atoms with van der Waals surface area (Å²) >= 11 is 5.44. The number of nitrogens with zero attached hydrogens (tertiary/aromatic N) is 1. The van der Waals surface area contributed by atoms with E-state index in [0.717, 1.165) is 19.4 Å². The predicted octanol–water partition coefficient (Wildman–Crippen LogP) is 2.81. The average molecular weight is 344 g/mol. The third-order valence-electron chi connectivity index (χ3n) is 3.76. The van der Waals surface area contributed by atoms with Crippen LogP contribution < -0.4 is 5.32 Å². The number of unbranched alkanes of at least 4 members (excludes halogenated alkanes) is 1. The van der Waals surface area contributed by atoms with Crippen LogP contribution >= 0.6 is 12.2 Å². The zero-order valence-electron chi connectivity index (χ0n) is 12.6. The maximum atomic E-state index is 12.9. The molecule has 2 rings (SSSR count). The lowest BCUT2D eigenvalue weighted by Crippen LogP contribution is -2.44. The molecule has 1 N–H and O–H groups in total. The van der Waals surface area contributed by atoms with Gasteiger partial charge in [0.25, 0.3) is 0 Å². The molecule has 0 spiro atoms. The molecular formula is C15H21FN2O2S2. The smallest absolute Gasteiger partial charge is 0.173 e. The van der Waals surface area contributed by atoms with E-state index in [2.05, 4.69) is 12.2 Å². The van der Waals surface area contributed by atoms with Crippen LogP contribution in [0.5, 0.6) is 0 Å². The predicted molar refractivity (Wildman–Crippen MR) is 91.3 cm³/mol. The van der Waals surface area contributed by atoms with E-state index < -0.39 is 9.84 Å². The zero-order valence-corrected chi connectivity index (χ0v) is 14.2. The summed E-state index contributed by atoms with van der Waals surface area (Å²) in [4.78, 5) is 1.97. The summed E-state index contributed by atoms with van der Waals surface area (Å²) in [5.41, 5.74) is 0.703. The molecule has 1 atom stereocenters. The standard InChI is InChI=1S/C15H21FN2O2S2/c1-2-3-9-18(14-8-10-22(19,20)11-14)15(21)17-13-6-4-12(16)5-7-13/h4-7,14H,2-3,8-11H2,1H3,(H,17,21)/t14-/m1/s1. The third kappa shape index (κ3) is 4.64. The Balaban J connectivity index is 2.07. The van der Waals surface area contributed by atoms with Crippen molar-refractivity contribution in [2.24, 2.45) is 0 Å². The first kappa shape index (κ1) is 17.1. The molecule has 1 heterocycles. The summed E-state index contributed by atoms with van der Waals surface area (Å²) in [6.45, 7) is 2.81. The highest BCUT2D eigenvalue weighted by Crippen LogP contribution is 2.20. The van der Waals surface area contributed by atoms with Gasteiger partial charge in [-0.25, -0.2) is 12.8 Å². The number of benzene rings is 1. The molecule has 1 fully saturated rings. The van der Waals surface area contributed by atoms with E-state index in [1.54, 1.807) is 12.1 Å². The van der Waals surface area contributed by atoms with Crippen LogP contribution in [0.3, 0.4) is 0 Å². The molecule has 1 aromatic carbocycles. The van der Waals surface area contributed by atoms with Gasteiger partial charge in [0.05, 0.1) is 11.5 Å². The number of rotatable bonds is 5. The van der Waals surface area contributed by atoms with Crippen molar-refractivity contribution in [3.63, 3.8) is 0 Å². The van der Waals surface area contributed by atoms with E-state index in [1.807, 2.05) is 4.90 Å². The first-order valence-electron chi connectivity index (χ1n) is 7.45. The van der Waals surface area contributed by atoms with Crippen LogP contribution in [0.4, 0.5) is 10.1 Å². The van der Waals surface area contributed by atoms with Crippen molar-refractivity contribution < 1.29 is 12.8 Å². The molecule has 22 heavy (non-hydrogen) atoms. The molecule has 0 amide bonds. The van der Waals surface area contributed by atoms with Gasteiger partial charge in [-0.1, -0.05) is 13.3 Å². The zero-order chi connectivity index (χ0) is 16.2. The summed E-state index contributed by atoms with van der Waals surface area (Å²) in [5, 5.41) is 3.58. The van der Waals surface area contributed by atoms with Gasteiger partial charge >= 0.3 is 0 Å². The molecular weight excluding hydrogens is 323 g/mol. The number of anilines is 1. The van der Waals surface area contributed by atoms with Crippen LogP contribution in [-0.4, -0.2) is 42.5 Å². The van der Waals surface area contributed by atoms with E-state index in [1.165, 1.54) is 12.1 Å². The molecule has 1 aromatic rings. The highest BCUT2D eigenvalue weighted by molar-refractivity contribution is 7.91. The van der Waals surface area contributed by atoms with Gasteiger partial charge in [-0.2, -0.15) is 0 Å². The molecule has 122 valence electrons. The Morgan fingerprint density at radius 1 is 1.41 bits per heavy atom. The Morgan fingerprint density at radius 2 is 2.09 bits per heavy atom. The number of halogens is 1. The molecule has 1 aliphatic rings. The molecule has 0 aliphatic carbocycles. The first-order valence-corrected chi connectivity index (χ1v) is 9.68. The van der Waals surface area contributed by atoms with Crippen LogP contribution in [-0.2, 0) is 9.84 Å². The van der Waals surface area contributed by atoms with E-state index in [9.17, 15) is 12.8 Å². The fourth-order valence-electron chi connectivity index (χ4n) is 2.53. The second kappa shape index (κ2) is 7.37. The topological polar surface area (TPSA) is 49.4 Å². The molecule has 0 radical (unpaired) electrons. The van der Waals surface area contributed by atoms with Gasteiger partial charge in [0.15, 0.2) is 14.9 Å². The number of hydrogen-bond acceptors (Lipinski definition) is 3. The minimum absolute atomic E-state index is 0.0722. The number of hydrogen-bond donors (Lipinski definition) is 1. The number of sulfone groups is 1. The summed E-state index contributed by atoms with van der Waals surface area (Å²) < 4.78 is 36.4. The second-order valence-corrected chi connectivity index (χ2v) is 8.16. The maximum Gasteiger partial charge on any atom is 0.173 e. The summed E-state index contributed by atoms with van der Waals surface area (Å²) in [6, 6.07) is 5.88.